The lowest BCUT2D eigenvalue weighted by Crippen LogP contribution is -2.75. The van der Waals surface area contributed by atoms with E-state index in [-0.39, 0.29) is 97.4 Å². The minimum Gasteiger partial charge on any atom is -0.481 e. The SMILES string of the molecule is C/C=C(\CCO)C(=O)O[C@]1(C)[C@@H](CO)C=C2CSS[C@H]3C[C@@H]4C(=O)C=C[C@H]5[C@@H]([C@@H]4NC)[C@@H]3N5C(=O)CC3=C(C=C(N)NC3)[C@H]2[C@]12Cc1cc3cc(C4([C@H](CO)CC[C@H](O)CCC(C)C)CCCCC4)c(=O)oc3cc1O2. The molecule has 2 aromatic rings. The average molecular weight is 1080 g/mol. The Morgan fingerprint density at radius 3 is 2.57 bits per heavy atom. The van der Waals surface area contributed by atoms with Crippen LogP contribution in [0.4, 0.5) is 0 Å². The largest absolute Gasteiger partial charge is 0.481 e. The number of nitrogens with two attached hydrogens (primary N) is 1. The summed E-state index contributed by atoms with van der Waals surface area (Å²) in [6.07, 6.45) is 16.3. The molecule has 8 aliphatic rings. The second-order valence-electron chi connectivity index (χ2n) is 23.5. The highest BCUT2D eigenvalue weighted by Crippen LogP contribution is 2.60. The van der Waals surface area contributed by atoms with Gasteiger partial charge in [0.05, 0.1) is 43.0 Å². The number of rotatable bonds is 15. The molecule has 15 nitrogen and oxygen atoms in total. The number of hydrogen-bond donors (Lipinski definition) is 7. The molecule has 2 bridgehead atoms. The number of allylic oxidation sites excluding steroid dienone is 3. The molecule has 4 aliphatic carbocycles. The van der Waals surface area contributed by atoms with Crippen molar-refractivity contribution < 1.29 is 48.7 Å². The van der Waals surface area contributed by atoms with Crippen molar-refractivity contribution in [2.24, 2.45) is 41.2 Å². The summed E-state index contributed by atoms with van der Waals surface area (Å²) in [6.45, 7) is 7.23. The first-order valence-corrected chi connectivity index (χ1v) is 30.2. The summed E-state index contributed by atoms with van der Waals surface area (Å²) in [6, 6.07) is 5.27. The minimum absolute atomic E-state index is 0.0375. The fourth-order valence-electron chi connectivity index (χ4n) is 15.1. The summed E-state index contributed by atoms with van der Waals surface area (Å²) in [5.41, 5.74) is 6.77. The maximum atomic E-state index is 15.1. The first-order valence-electron chi connectivity index (χ1n) is 27.9. The van der Waals surface area contributed by atoms with E-state index in [2.05, 4.69) is 24.5 Å². The highest BCUT2D eigenvalue weighted by Gasteiger charge is 2.68. The first kappa shape index (κ1) is 55.0. The summed E-state index contributed by atoms with van der Waals surface area (Å²) in [7, 11) is 5.25. The molecule has 1 amide bonds. The van der Waals surface area contributed by atoms with Gasteiger partial charge in [-0.2, -0.15) is 0 Å². The average Bonchev–Trinajstić information content (AvgIpc) is 4.00. The summed E-state index contributed by atoms with van der Waals surface area (Å²) in [5.74, 6) is -0.870. The zero-order valence-electron chi connectivity index (χ0n) is 44.7. The van der Waals surface area contributed by atoms with E-state index in [9.17, 15) is 34.8 Å². The Balaban J connectivity index is 1.11. The van der Waals surface area contributed by atoms with E-state index >= 15 is 4.79 Å². The summed E-state index contributed by atoms with van der Waals surface area (Å²) >= 11 is 0. The number of fused-ring (bicyclic) bond motifs is 7. The topological polar surface area (TPSA) is 234 Å². The number of ketones is 1. The normalized spacial score (nSPS) is 32.6. The van der Waals surface area contributed by atoms with E-state index in [4.69, 9.17) is 19.6 Å². The summed E-state index contributed by atoms with van der Waals surface area (Å²) < 4.78 is 20.7. The Morgan fingerprint density at radius 2 is 1.86 bits per heavy atom. The zero-order valence-corrected chi connectivity index (χ0v) is 46.3. The molecule has 1 aromatic carbocycles. The van der Waals surface area contributed by atoms with Crippen molar-refractivity contribution in [3.05, 3.63) is 98.2 Å². The number of esters is 1. The molecular formula is C59H78N4O11S2. The fourth-order valence-corrected chi connectivity index (χ4v) is 18.1. The van der Waals surface area contributed by atoms with Crippen molar-refractivity contribution in [2.75, 3.05) is 39.2 Å². The monoisotopic (exact) mass is 1080 g/mol. The Kier molecular flexibility index (Phi) is 16.0. The van der Waals surface area contributed by atoms with Crippen molar-refractivity contribution >= 4 is 50.2 Å². The molecule has 4 aliphatic heterocycles. The van der Waals surface area contributed by atoms with Crippen LogP contribution in [-0.4, -0.2) is 123 Å². The highest BCUT2D eigenvalue weighted by molar-refractivity contribution is 8.77. The third-order valence-electron chi connectivity index (χ3n) is 19.1. The lowest BCUT2D eigenvalue weighted by atomic mass is 9.57. The molecule has 76 heavy (non-hydrogen) atoms. The van der Waals surface area contributed by atoms with Gasteiger partial charge in [0.2, 0.25) is 5.91 Å². The maximum absolute atomic E-state index is 15.1. The van der Waals surface area contributed by atoms with Crippen LogP contribution in [0.1, 0.15) is 116 Å². The summed E-state index contributed by atoms with van der Waals surface area (Å²) in [5, 5.41) is 51.2. The number of nitrogens with zero attached hydrogens (tertiary/aromatic N) is 1. The molecule has 8 N–H and O–H groups in total. The molecule has 1 spiro atoms. The van der Waals surface area contributed by atoms with Gasteiger partial charge >= 0.3 is 11.6 Å². The van der Waals surface area contributed by atoms with E-state index in [1.165, 1.54) is 0 Å². The lowest BCUT2D eigenvalue weighted by molar-refractivity contribution is -0.202. The van der Waals surface area contributed by atoms with Gasteiger partial charge in [-0.25, -0.2) is 9.59 Å². The van der Waals surface area contributed by atoms with Crippen LogP contribution >= 0.6 is 21.6 Å². The smallest absolute Gasteiger partial charge is 0.340 e. The summed E-state index contributed by atoms with van der Waals surface area (Å²) in [4.78, 5) is 60.0. The maximum Gasteiger partial charge on any atom is 0.340 e. The molecule has 1 aromatic heterocycles. The second-order valence-corrected chi connectivity index (χ2v) is 26.1. The number of benzene rings is 1. The van der Waals surface area contributed by atoms with Gasteiger partial charge in [0, 0.05) is 95.4 Å². The van der Waals surface area contributed by atoms with Crippen LogP contribution in [0.5, 0.6) is 5.75 Å². The van der Waals surface area contributed by atoms with Crippen molar-refractivity contribution in [1.82, 2.24) is 15.5 Å². The number of nitrogens with one attached hydrogen (secondary N) is 2. The van der Waals surface area contributed by atoms with Crippen molar-refractivity contribution in [2.45, 2.75) is 157 Å². The first-order chi connectivity index (χ1) is 36.5. The third kappa shape index (κ3) is 9.42. The van der Waals surface area contributed by atoms with Gasteiger partial charge in [0.15, 0.2) is 17.0 Å². The lowest BCUT2D eigenvalue weighted by Gasteiger charge is -2.62. The molecule has 10 rings (SSSR count). The minimum atomic E-state index is -1.61. The van der Waals surface area contributed by atoms with Crippen LogP contribution in [0.25, 0.3) is 11.0 Å². The number of amides is 1. The molecule has 0 radical (unpaired) electrons. The van der Waals surface area contributed by atoms with E-state index in [0.717, 1.165) is 48.0 Å². The molecule has 2 saturated carbocycles. The van der Waals surface area contributed by atoms with E-state index < -0.39 is 52.8 Å². The Morgan fingerprint density at radius 1 is 1.08 bits per heavy atom. The van der Waals surface area contributed by atoms with Crippen LogP contribution in [0.2, 0.25) is 0 Å². The van der Waals surface area contributed by atoms with Crippen molar-refractivity contribution in [3.63, 3.8) is 0 Å². The van der Waals surface area contributed by atoms with Gasteiger partial charge in [-0.05, 0) is 119 Å². The third-order valence-corrected chi connectivity index (χ3v) is 21.9. The molecular weight excluding hydrogens is 1000 g/mol. The van der Waals surface area contributed by atoms with E-state index in [1.807, 2.05) is 49.2 Å². The number of carbonyl (C=O) groups is 3. The van der Waals surface area contributed by atoms with Crippen LogP contribution in [0.3, 0.4) is 0 Å². The Hall–Kier alpha value is -4.36. The molecule has 3 fully saturated rings. The molecule has 1 saturated heterocycles. The number of aliphatic hydroxyl groups excluding tert-OH is 4. The van der Waals surface area contributed by atoms with E-state index in [1.54, 1.807) is 46.7 Å². The number of aliphatic hydroxyl groups is 4. The molecule has 0 unspecified atom stereocenters. The van der Waals surface area contributed by atoms with Crippen LogP contribution in [-0.2, 0) is 31.0 Å². The van der Waals surface area contributed by atoms with Gasteiger partial charge < -0.3 is 55.6 Å². The van der Waals surface area contributed by atoms with Crippen LogP contribution in [0.15, 0.2) is 85.9 Å². The van der Waals surface area contributed by atoms with Crippen LogP contribution in [0, 0.1) is 35.5 Å². The molecule has 17 heteroatoms. The number of dihydropyridines is 1. The van der Waals surface area contributed by atoms with Gasteiger partial charge in [-0.15, -0.1) is 0 Å². The second kappa shape index (κ2) is 22.1. The van der Waals surface area contributed by atoms with E-state index in [0.29, 0.717) is 78.3 Å². The molecule has 412 valence electrons. The Bertz CT molecular complexity index is 2820. The molecule has 12 atom stereocenters. The van der Waals surface area contributed by atoms with Gasteiger partial charge in [-0.1, -0.05) is 78.5 Å². The standard InChI is InChI=1S/C59H78N4O11S2/c1-6-33(16-19-64)55(70)74-57(4)39(30-66)21-37-31-75-76-48-24-42-45(68)15-14-44-51(53(42)61-5)54(48)63(44)50(69)23-36-28-62-49(60)25-41(36)52(37)59(57)27-35-20-34-22-43(56(71)72-46(34)26-47(35)73-59)58(17-8-7-9-18-58)38(29-65)11-13-40(67)12-10-32(2)3/h6,14-15,20-22,25-26,32,38-40,42,44,48,51-54,61-62,64-67H,7-13,16-19,23-24,27-31,60H2,1-5H3/b33-6+/t38-,39+,40+,42+,44-,48-,51-,52-,53+,54+,57+,59+/m0/s1. The predicted molar refractivity (Wildman–Crippen MR) is 295 cm³/mol. The van der Waals surface area contributed by atoms with Gasteiger partial charge in [0.25, 0.3) is 0 Å². The number of carbonyl (C=O) groups excluding carboxylic acids is 3. The van der Waals surface area contributed by atoms with Crippen molar-refractivity contribution in [1.29, 1.82) is 0 Å². The number of hydrogen-bond acceptors (Lipinski definition) is 16. The quantitative estimate of drug-likeness (QED) is 0.0334. The highest BCUT2D eigenvalue weighted by atomic mass is 33.1. The Labute approximate surface area is 454 Å². The number of ether oxygens (including phenoxy) is 2. The molecule has 5 heterocycles. The predicted octanol–water partition coefficient (Wildman–Crippen LogP) is 6.45. The zero-order chi connectivity index (χ0) is 53.8. The van der Waals surface area contributed by atoms with Crippen molar-refractivity contribution in [3.8, 4) is 5.75 Å². The van der Waals surface area contributed by atoms with Crippen LogP contribution < -0.4 is 26.7 Å². The van der Waals surface area contributed by atoms with Gasteiger partial charge in [-0.3, -0.25) is 9.59 Å². The fraction of sp³-hybridized carbons (Fsp3) is 0.627. The van der Waals surface area contributed by atoms with Gasteiger partial charge in [0.1, 0.15) is 11.3 Å².